The van der Waals surface area contributed by atoms with Gasteiger partial charge in [-0.2, -0.15) is 0 Å². The number of hydrogen-bond acceptors (Lipinski definition) is 4. The van der Waals surface area contributed by atoms with Crippen LogP contribution in [0.3, 0.4) is 0 Å². The number of hydrogen-bond donors (Lipinski definition) is 2. The highest BCUT2D eigenvalue weighted by Crippen LogP contribution is 2.29. The molecule has 1 aromatic heterocycles. The Morgan fingerprint density at radius 3 is 2.48 bits per heavy atom. The number of aromatic carboxylic acids is 1. The van der Waals surface area contributed by atoms with Crippen molar-refractivity contribution in [3.63, 3.8) is 0 Å². The summed E-state index contributed by atoms with van der Waals surface area (Å²) >= 11 is 1.01. The van der Waals surface area contributed by atoms with Crippen molar-refractivity contribution in [2.45, 2.75) is 26.2 Å². The van der Waals surface area contributed by atoms with Crippen molar-refractivity contribution >= 4 is 28.9 Å². The largest absolute Gasteiger partial charge is 0.476 e. The average molecular weight is 304 g/mol. The monoisotopic (exact) mass is 304 g/mol. The minimum atomic E-state index is -1.14. The highest BCUT2D eigenvalue weighted by Gasteiger charge is 2.20. The molecule has 0 fully saturated rings. The molecule has 0 unspecified atom stereocenters. The van der Waals surface area contributed by atoms with E-state index >= 15 is 0 Å². The zero-order chi connectivity index (χ0) is 15.6. The van der Waals surface area contributed by atoms with Gasteiger partial charge in [0.05, 0.1) is 0 Å². The number of thiazole rings is 1. The van der Waals surface area contributed by atoms with Crippen LogP contribution in [0.25, 0.3) is 0 Å². The Hall–Kier alpha value is -2.21. The minimum absolute atomic E-state index is 0.112. The number of carboxylic acid groups (broad SMARTS) is 1. The van der Waals surface area contributed by atoms with Crippen LogP contribution in [0.15, 0.2) is 29.6 Å². The quantitative estimate of drug-likeness (QED) is 0.911. The molecule has 2 rings (SSSR count). The fraction of sp³-hybridized carbons (Fsp3) is 0.267. The molecule has 1 amide bonds. The molecule has 0 saturated heterocycles. The number of carboxylic acids is 1. The van der Waals surface area contributed by atoms with E-state index < -0.39 is 11.9 Å². The van der Waals surface area contributed by atoms with Crippen LogP contribution in [-0.2, 0) is 5.41 Å². The molecule has 0 bridgehead atoms. The Morgan fingerprint density at radius 2 is 1.90 bits per heavy atom. The summed E-state index contributed by atoms with van der Waals surface area (Å²) in [4.78, 5) is 26.8. The van der Waals surface area contributed by atoms with Crippen molar-refractivity contribution in [2.24, 2.45) is 0 Å². The van der Waals surface area contributed by atoms with E-state index in [2.05, 4.69) is 31.1 Å². The molecule has 110 valence electrons. The molecule has 6 heteroatoms. The third-order valence-corrected chi connectivity index (χ3v) is 3.74. The predicted molar refractivity (Wildman–Crippen MR) is 82.2 cm³/mol. The van der Waals surface area contributed by atoms with Gasteiger partial charge in [-0.15, -0.1) is 11.3 Å². The lowest BCUT2D eigenvalue weighted by molar-refractivity contribution is 0.0691. The number of anilines is 1. The van der Waals surface area contributed by atoms with Crippen molar-refractivity contribution in [3.05, 3.63) is 45.9 Å². The Bertz CT molecular complexity index is 686. The maximum atomic E-state index is 12.2. The van der Waals surface area contributed by atoms with Gasteiger partial charge in [-0.25, -0.2) is 9.78 Å². The lowest BCUT2D eigenvalue weighted by Gasteiger charge is -2.22. The number of carbonyl (C=O) groups is 2. The fourth-order valence-electron chi connectivity index (χ4n) is 1.90. The van der Waals surface area contributed by atoms with Crippen molar-refractivity contribution < 1.29 is 14.7 Å². The van der Waals surface area contributed by atoms with Crippen LogP contribution in [0, 0.1) is 0 Å². The molecule has 0 aliphatic rings. The number of nitrogens with one attached hydrogen (secondary N) is 1. The smallest absolute Gasteiger partial charge is 0.355 e. The molecule has 0 atom stereocenters. The van der Waals surface area contributed by atoms with Crippen molar-refractivity contribution in [3.8, 4) is 0 Å². The number of carbonyl (C=O) groups excluding carboxylic acids is 1. The second kappa shape index (κ2) is 5.65. The Morgan fingerprint density at radius 1 is 1.24 bits per heavy atom. The lowest BCUT2D eigenvalue weighted by atomic mass is 9.86. The molecule has 0 aliphatic carbocycles. The first-order chi connectivity index (χ1) is 9.79. The Kier molecular flexibility index (Phi) is 4.09. The molecule has 0 saturated carbocycles. The van der Waals surface area contributed by atoms with Crippen LogP contribution in [0.1, 0.15) is 46.6 Å². The second-order valence-electron chi connectivity index (χ2n) is 5.59. The average Bonchev–Trinajstić information content (AvgIpc) is 2.88. The first kappa shape index (κ1) is 15.2. The van der Waals surface area contributed by atoms with E-state index in [1.165, 1.54) is 5.38 Å². The maximum Gasteiger partial charge on any atom is 0.355 e. The number of aromatic nitrogens is 1. The van der Waals surface area contributed by atoms with E-state index in [0.717, 1.165) is 16.9 Å². The summed E-state index contributed by atoms with van der Waals surface area (Å²) in [6.07, 6.45) is 0. The summed E-state index contributed by atoms with van der Waals surface area (Å²) < 4.78 is 0. The number of para-hydroxylation sites is 1. The summed E-state index contributed by atoms with van der Waals surface area (Å²) in [6.45, 7) is 6.18. The molecule has 0 radical (unpaired) electrons. The summed E-state index contributed by atoms with van der Waals surface area (Å²) in [5, 5.41) is 13.1. The lowest BCUT2D eigenvalue weighted by Crippen LogP contribution is -2.18. The van der Waals surface area contributed by atoms with E-state index in [1.807, 2.05) is 24.3 Å². The van der Waals surface area contributed by atoms with Gasteiger partial charge < -0.3 is 10.4 Å². The van der Waals surface area contributed by atoms with Gasteiger partial charge in [0.25, 0.3) is 5.91 Å². The zero-order valence-corrected chi connectivity index (χ0v) is 12.8. The summed E-state index contributed by atoms with van der Waals surface area (Å²) in [7, 11) is 0. The fourth-order valence-corrected chi connectivity index (χ4v) is 2.58. The van der Waals surface area contributed by atoms with Crippen LogP contribution >= 0.6 is 11.3 Å². The van der Waals surface area contributed by atoms with Gasteiger partial charge in [0.1, 0.15) is 0 Å². The molecule has 0 aliphatic heterocycles. The van der Waals surface area contributed by atoms with Gasteiger partial charge in [-0.05, 0) is 17.0 Å². The summed E-state index contributed by atoms with van der Waals surface area (Å²) in [5.74, 6) is -1.54. The van der Waals surface area contributed by atoms with Gasteiger partial charge in [0.15, 0.2) is 10.7 Å². The van der Waals surface area contributed by atoms with Gasteiger partial charge in [-0.1, -0.05) is 39.0 Å². The standard InChI is InChI=1S/C15H16N2O3S/c1-15(2,3)9-6-4-5-7-10(9)16-12(18)13-17-11(8-21-13)14(19)20/h4-8H,1-3H3,(H,16,18)(H,19,20). The molecule has 21 heavy (non-hydrogen) atoms. The second-order valence-corrected chi connectivity index (χ2v) is 6.45. The summed E-state index contributed by atoms with van der Waals surface area (Å²) in [5.41, 5.74) is 1.49. The van der Waals surface area contributed by atoms with Crippen LogP contribution in [0.5, 0.6) is 0 Å². The summed E-state index contributed by atoms with van der Waals surface area (Å²) in [6, 6.07) is 7.54. The Labute approximate surface area is 126 Å². The molecule has 5 nitrogen and oxygen atoms in total. The van der Waals surface area contributed by atoms with E-state index in [-0.39, 0.29) is 16.1 Å². The van der Waals surface area contributed by atoms with E-state index in [0.29, 0.717) is 5.69 Å². The molecule has 2 N–H and O–H groups in total. The van der Waals surface area contributed by atoms with Crippen LogP contribution in [0.4, 0.5) is 5.69 Å². The van der Waals surface area contributed by atoms with Crippen LogP contribution in [0.2, 0.25) is 0 Å². The van der Waals surface area contributed by atoms with E-state index in [4.69, 9.17) is 5.11 Å². The van der Waals surface area contributed by atoms with E-state index in [1.54, 1.807) is 0 Å². The normalized spacial score (nSPS) is 11.2. The number of rotatable bonds is 3. The number of amides is 1. The third-order valence-electron chi connectivity index (χ3n) is 2.90. The highest BCUT2D eigenvalue weighted by molar-refractivity contribution is 7.12. The van der Waals surface area contributed by atoms with Gasteiger partial charge in [0.2, 0.25) is 0 Å². The van der Waals surface area contributed by atoms with Crippen LogP contribution in [-0.4, -0.2) is 22.0 Å². The molecule has 1 heterocycles. The number of benzene rings is 1. The van der Waals surface area contributed by atoms with Crippen LogP contribution < -0.4 is 5.32 Å². The van der Waals surface area contributed by atoms with Crippen molar-refractivity contribution in [2.75, 3.05) is 5.32 Å². The first-order valence-electron chi connectivity index (χ1n) is 6.38. The molecule has 1 aromatic carbocycles. The predicted octanol–water partition coefficient (Wildman–Crippen LogP) is 3.39. The van der Waals surface area contributed by atoms with Gasteiger partial charge in [0, 0.05) is 11.1 Å². The van der Waals surface area contributed by atoms with Crippen molar-refractivity contribution in [1.29, 1.82) is 0 Å². The minimum Gasteiger partial charge on any atom is -0.476 e. The van der Waals surface area contributed by atoms with Crippen molar-refractivity contribution in [1.82, 2.24) is 4.98 Å². The number of nitrogens with zero attached hydrogens (tertiary/aromatic N) is 1. The van der Waals surface area contributed by atoms with Gasteiger partial charge >= 0.3 is 5.97 Å². The molecular formula is C15H16N2O3S. The SMILES string of the molecule is CC(C)(C)c1ccccc1NC(=O)c1nc(C(=O)O)cs1. The topological polar surface area (TPSA) is 79.3 Å². The highest BCUT2D eigenvalue weighted by atomic mass is 32.1. The van der Waals surface area contributed by atoms with E-state index in [9.17, 15) is 9.59 Å². The van der Waals surface area contributed by atoms with Gasteiger partial charge in [-0.3, -0.25) is 4.79 Å². The first-order valence-corrected chi connectivity index (χ1v) is 7.26. The third kappa shape index (κ3) is 3.46. The maximum absolute atomic E-state index is 12.2. The zero-order valence-electron chi connectivity index (χ0n) is 12.0. The molecule has 0 spiro atoms. The molecule has 2 aromatic rings. The Balaban J connectivity index is 2.25. The molecular weight excluding hydrogens is 288 g/mol.